The van der Waals surface area contributed by atoms with Crippen molar-refractivity contribution in [3.63, 3.8) is 0 Å². The number of amides is 1. The number of hydrogen-bond donors (Lipinski definition) is 5. The number of nitrogens with two attached hydrogens (primary N) is 2. The number of nitrogen functional groups attached to an aromatic ring is 1. The van der Waals surface area contributed by atoms with Gasteiger partial charge in [0.05, 0.1) is 19.0 Å². The number of anilines is 1. The van der Waals surface area contributed by atoms with Crippen LogP contribution < -0.4 is 16.2 Å². The molecule has 6 atom stereocenters. The summed E-state index contributed by atoms with van der Waals surface area (Å²) in [5, 5.41) is 21.1. The molecule has 0 radical (unpaired) electrons. The minimum Gasteiger partial charge on any atom is -0.387 e. The normalized spacial score (nSPS) is 23.4. The number of unbranched alkanes of at least 4 members (excludes halogenated alkanes) is 2. The molecule has 14 nitrogen and oxygen atoms in total. The maximum atomic E-state index is 12.2. The van der Waals surface area contributed by atoms with E-state index in [0.29, 0.717) is 12.8 Å². The number of carbonyl (C=O) groups excluding carboxylic acids is 1. The van der Waals surface area contributed by atoms with E-state index in [1.807, 2.05) is 6.92 Å². The van der Waals surface area contributed by atoms with E-state index in [4.69, 9.17) is 20.4 Å². The summed E-state index contributed by atoms with van der Waals surface area (Å²) in [5.74, 6) is 4.88. The van der Waals surface area contributed by atoms with Crippen LogP contribution in [0.3, 0.4) is 0 Å². The lowest BCUT2D eigenvalue weighted by atomic mass is 10.00. The van der Waals surface area contributed by atoms with Gasteiger partial charge in [0.2, 0.25) is 5.82 Å². The molecule has 7 N–H and O–H groups in total. The Morgan fingerprint density at radius 3 is 2.73 bits per heavy atom. The number of carbonyl (C=O) groups is 1. The summed E-state index contributed by atoms with van der Waals surface area (Å²) in [6, 6.07) is -1.05. The third-order valence-electron chi connectivity index (χ3n) is 6.09. The molecule has 0 aromatic carbocycles. The van der Waals surface area contributed by atoms with Crippen molar-refractivity contribution >= 4 is 33.2 Å². The van der Waals surface area contributed by atoms with Crippen LogP contribution in [-0.4, -0.2) is 75.0 Å². The predicted molar refractivity (Wildman–Crippen MR) is 133 cm³/mol. The molecule has 0 bridgehead atoms. The molecule has 3 rings (SSSR count). The van der Waals surface area contributed by atoms with Gasteiger partial charge in [-0.15, -0.1) is 0 Å². The van der Waals surface area contributed by atoms with Gasteiger partial charge in [-0.25, -0.2) is 19.7 Å². The Labute approximate surface area is 215 Å². The van der Waals surface area contributed by atoms with Crippen molar-refractivity contribution in [2.75, 3.05) is 12.3 Å². The number of ether oxygens (including phenoxy) is 1. The van der Waals surface area contributed by atoms with Gasteiger partial charge < -0.3 is 26.4 Å². The largest absolute Gasteiger partial charge is 0.387 e. The standard InChI is InChI=1S/C22H33N7O7S/c1-4-6-7-8-9-14-26-19(24)16-20(27-14)29(11-25-16)22-18(31)17(30)13(36-22)10-35-37(33,34)28-21(32)15(23)12(3)5-2/h11-13,15,17-18,22,30-31H,4-7,10,23H2,1-3H3,(H,28,32)(H2,24,26,27)/t12-,13+,15-,17+,18+,22+/m0/s1. The second kappa shape index (κ2) is 12.1. The molecule has 0 spiro atoms. The highest BCUT2D eigenvalue weighted by Gasteiger charge is 2.45. The first-order valence-electron chi connectivity index (χ1n) is 12.0. The smallest absolute Gasteiger partial charge is 0.362 e. The molecule has 1 aliphatic heterocycles. The number of nitrogens with zero attached hydrogens (tertiary/aromatic N) is 4. The number of nitrogens with one attached hydrogen (secondary N) is 1. The lowest BCUT2D eigenvalue weighted by molar-refractivity contribution is -0.121. The third-order valence-corrected chi connectivity index (χ3v) is 6.99. The van der Waals surface area contributed by atoms with Crippen molar-refractivity contribution in [3.05, 3.63) is 12.2 Å². The second-order valence-electron chi connectivity index (χ2n) is 8.82. The van der Waals surface area contributed by atoms with Crippen molar-refractivity contribution < 1.29 is 32.3 Å². The van der Waals surface area contributed by atoms with Crippen LogP contribution in [0.5, 0.6) is 0 Å². The van der Waals surface area contributed by atoms with Gasteiger partial charge >= 0.3 is 10.3 Å². The molecular weight excluding hydrogens is 506 g/mol. The average molecular weight is 540 g/mol. The number of rotatable bonds is 10. The van der Waals surface area contributed by atoms with Crippen molar-refractivity contribution in [1.82, 2.24) is 24.2 Å². The Balaban J connectivity index is 1.73. The summed E-state index contributed by atoms with van der Waals surface area (Å²) in [6.45, 7) is 4.89. The van der Waals surface area contributed by atoms with Crippen LogP contribution in [0, 0.1) is 17.8 Å². The van der Waals surface area contributed by atoms with Crippen LogP contribution in [0.4, 0.5) is 5.82 Å². The Kier molecular flexibility index (Phi) is 9.40. The van der Waals surface area contributed by atoms with E-state index in [0.717, 1.165) is 12.8 Å². The van der Waals surface area contributed by atoms with E-state index in [9.17, 15) is 23.4 Å². The van der Waals surface area contributed by atoms with E-state index < -0.39 is 53.4 Å². The minimum atomic E-state index is -4.55. The van der Waals surface area contributed by atoms with Crippen molar-refractivity contribution in [2.45, 2.75) is 77.0 Å². The van der Waals surface area contributed by atoms with Gasteiger partial charge in [-0.2, -0.15) is 8.42 Å². The molecule has 0 unspecified atom stereocenters. The first-order valence-corrected chi connectivity index (χ1v) is 13.4. The SMILES string of the molecule is CCCCC#Cc1nc(N)c2ncn([C@@H]3O[C@H](COS(=O)(=O)NC(=O)[C@@H](N)[C@@H](C)CC)[C@@H](O)[C@H]3O)c2n1. The van der Waals surface area contributed by atoms with Crippen LogP contribution in [-0.2, 0) is 24.0 Å². The Morgan fingerprint density at radius 1 is 1.32 bits per heavy atom. The second-order valence-corrected chi connectivity index (χ2v) is 10.2. The van der Waals surface area contributed by atoms with E-state index in [-0.39, 0.29) is 28.7 Å². The van der Waals surface area contributed by atoms with Crippen LogP contribution in [0.25, 0.3) is 11.2 Å². The van der Waals surface area contributed by atoms with E-state index in [1.165, 1.54) is 10.9 Å². The number of imidazole rings is 1. The van der Waals surface area contributed by atoms with Gasteiger partial charge in [0, 0.05) is 6.42 Å². The number of aromatic nitrogens is 4. The summed E-state index contributed by atoms with van der Waals surface area (Å²) in [4.78, 5) is 24.7. The van der Waals surface area contributed by atoms with Crippen LogP contribution in [0.1, 0.15) is 58.5 Å². The highest BCUT2D eigenvalue weighted by atomic mass is 32.2. The fourth-order valence-electron chi connectivity index (χ4n) is 3.57. The molecule has 204 valence electrons. The Morgan fingerprint density at radius 2 is 2.05 bits per heavy atom. The molecule has 2 aromatic rings. The van der Waals surface area contributed by atoms with E-state index >= 15 is 0 Å². The van der Waals surface area contributed by atoms with Crippen molar-refractivity contribution in [2.24, 2.45) is 11.7 Å². The van der Waals surface area contributed by atoms with Crippen molar-refractivity contribution in [1.29, 1.82) is 0 Å². The zero-order chi connectivity index (χ0) is 27.3. The van der Waals surface area contributed by atoms with E-state index in [2.05, 4.69) is 33.7 Å². The molecule has 1 saturated heterocycles. The summed E-state index contributed by atoms with van der Waals surface area (Å²) in [5.41, 5.74) is 12.2. The number of hydrogen-bond acceptors (Lipinski definition) is 12. The number of fused-ring (bicyclic) bond motifs is 1. The lowest BCUT2D eigenvalue weighted by Crippen LogP contribution is -2.47. The highest BCUT2D eigenvalue weighted by Crippen LogP contribution is 2.32. The summed E-state index contributed by atoms with van der Waals surface area (Å²) < 4.78 is 38.1. The zero-order valence-electron chi connectivity index (χ0n) is 20.9. The fourth-order valence-corrected chi connectivity index (χ4v) is 4.33. The maximum Gasteiger partial charge on any atom is 0.362 e. The van der Waals surface area contributed by atoms with Crippen LogP contribution in [0.15, 0.2) is 6.33 Å². The van der Waals surface area contributed by atoms with Gasteiger partial charge in [0.25, 0.3) is 5.91 Å². The Hall–Kier alpha value is -2.87. The van der Waals surface area contributed by atoms with Crippen molar-refractivity contribution in [3.8, 4) is 11.8 Å². The maximum absolute atomic E-state index is 12.2. The third kappa shape index (κ3) is 6.72. The monoisotopic (exact) mass is 539 g/mol. The van der Waals surface area contributed by atoms with Crippen LogP contribution in [0.2, 0.25) is 0 Å². The van der Waals surface area contributed by atoms with Gasteiger partial charge in [-0.05, 0) is 18.3 Å². The van der Waals surface area contributed by atoms with Gasteiger partial charge in [0.1, 0.15) is 23.8 Å². The molecular formula is C22H33N7O7S. The molecule has 1 amide bonds. The first-order chi connectivity index (χ1) is 17.5. The predicted octanol–water partition coefficient (Wildman–Crippen LogP) is -0.680. The average Bonchev–Trinajstić information content (AvgIpc) is 3.40. The molecule has 3 heterocycles. The van der Waals surface area contributed by atoms with E-state index in [1.54, 1.807) is 11.6 Å². The molecule has 0 aliphatic carbocycles. The molecule has 2 aromatic heterocycles. The topological polar surface area (TPSA) is 218 Å². The summed E-state index contributed by atoms with van der Waals surface area (Å²) in [7, 11) is -4.55. The van der Waals surface area contributed by atoms with Crippen LogP contribution >= 0.6 is 0 Å². The van der Waals surface area contributed by atoms with Gasteiger partial charge in [0.15, 0.2) is 17.7 Å². The molecule has 1 aliphatic rings. The number of aliphatic hydroxyl groups excluding tert-OH is 2. The fraction of sp³-hybridized carbons (Fsp3) is 0.636. The summed E-state index contributed by atoms with van der Waals surface area (Å²) >= 11 is 0. The number of aliphatic hydroxyl groups is 2. The van der Waals surface area contributed by atoms with Gasteiger partial charge in [-0.3, -0.25) is 13.5 Å². The minimum absolute atomic E-state index is 0.0777. The Bertz CT molecular complexity index is 1270. The first kappa shape index (κ1) is 28.7. The molecule has 0 saturated carbocycles. The van der Waals surface area contributed by atoms with Gasteiger partial charge in [-0.1, -0.05) is 39.5 Å². The lowest BCUT2D eigenvalue weighted by Gasteiger charge is -2.18. The quantitative estimate of drug-likeness (QED) is 0.187. The molecule has 1 fully saturated rings. The summed E-state index contributed by atoms with van der Waals surface area (Å²) in [6.07, 6.45) is -1.00. The molecule has 15 heteroatoms. The highest BCUT2D eigenvalue weighted by molar-refractivity contribution is 7.85. The molecule has 37 heavy (non-hydrogen) atoms. The zero-order valence-corrected chi connectivity index (χ0v) is 21.7.